The standard InChI is InChI=1S/C9H18N2O2S/c1-6(2)10-8(12)5-11(4)9(13)7(3)14/h6-7,14H,5H2,1-4H3,(H,10,12). The molecule has 5 heteroatoms. The van der Waals surface area contributed by atoms with Crippen LogP contribution in [0.25, 0.3) is 0 Å². The second kappa shape index (κ2) is 5.90. The summed E-state index contributed by atoms with van der Waals surface area (Å²) in [5, 5.41) is 2.34. The van der Waals surface area contributed by atoms with Crippen LogP contribution in [0.2, 0.25) is 0 Å². The summed E-state index contributed by atoms with van der Waals surface area (Å²) in [6.45, 7) is 5.52. The number of hydrogen-bond donors (Lipinski definition) is 2. The molecular weight excluding hydrogens is 200 g/mol. The van der Waals surface area contributed by atoms with Crippen molar-refractivity contribution in [1.29, 1.82) is 0 Å². The normalized spacial score (nSPS) is 12.4. The Morgan fingerprint density at radius 3 is 2.21 bits per heavy atom. The first-order valence-corrected chi connectivity index (χ1v) is 5.08. The summed E-state index contributed by atoms with van der Waals surface area (Å²) in [5.41, 5.74) is 0. The van der Waals surface area contributed by atoms with Gasteiger partial charge in [-0.05, 0) is 20.8 Å². The molecule has 1 unspecified atom stereocenters. The van der Waals surface area contributed by atoms with E-state index < -0.39 is 0 Å². The quantitative estimate of drug-likeness (QED) is 0.666. The Labute approximate surface area is 90.4 Å². The van der Waals surface area contributed by atoms with Crippen LogP contribution in [0.3, 0.4) is 0 Å². The van der Waals surface area contributed by atoms with Gasteiger partial charge in [-0.3, -0.25) is 9.59 Å². The monoisotopic (exact) mass is 218 g/mol. The van der Waals surface area contributed by atoms with Gasteiger partial charge in [0.1, 0.15) is 0 Å². The number of nitrogens with one attached hydrogen (secondary N) is 1. The summed E-state index contributed by atoms with van der Waals surface area (Å²) < 4.78 is 0. The lowest BCUT2D eigenvalue weighted by atomic mass is 10.3. The van der Waals surface area contributed by atoms with Crippen LogP contribution in [0.5, 0.6) is 0 Å². The lowest BCUT2D eigenvalue weighted by molar-refractivity contribution is -0.134. The van der Waals surface area contributed by atoms with Crippen LogP contribution < -0.4 is 5.32 Å². The minimum atomic E-state index is -0.369. The fourth-order valence-electron chi connectivity index (χ4n) is 0.980. The predicted octanol–water partition coefficient (Wildman–Crippen LogP) is 0.288. The number of hydrogen-bond acceptors (Lipinski definition) is 3. The van der Waals surface area contributed by atoms with Crippen molar-refractivity contribution >= 4 is 24.4 Å². The first-order chi connectivity index (χ1) is 6.34. The van der Waals surface area contributed by atoms with E-state index in [0.717, 1.165) is 0 Å². The van der Waals surface area contributed by atoms with Gasteiger partial charge in [0.05, 0.1) is 11.8 Å². The molecule has 82 valence electrons. The SMILES string of the molecule is CC(C)NC(=O)CN(C)C(=O)C(C)S. The Hall–Kier alpha value is -0.710. The zero-order chi connectivity index (χ0) is 11.3. The van der Waals surface area contributed by atoms with E-state index in [2.05, 4.69) is 17.9 Å². The van der Waals surface area contributed by atoms with Crippen LogP contribution >= 0.6 is 12.6 Å². The summed E-state index contributed by atoms with van der Waals surface area (Å²) >= 11 is 4.00. The summed E-state index contributed by atoms with van der Waals surface area (Å²) in [6, 6.07) is 0.0967. The second-order valence-electron chi connectivity index (χ2n) is 3.59. The van der Waals surface area contributed by atoms with Gasteiger partial charge in [0.2, 0.25) is 11.8 Å². The third-order valence-electron chi connectivity index (χ3n) is 1.56. The number of carbonyl (C=O) groups excluding carboxylic acids is 2. The molecule has 1 N–H and O–H groups in total. The number of likely N-dealkylation sites (N-methyl/N-ethyl adjacent to an activating group) is 1. The Kier molecular flexibility index (Phi) is 5.60. The maximum atomic E-state index is 11.3. The van der Waals surface area contributed by atoms with Crippen LogP contribution in [-0.4, -0.2) is 41.6 Å². The number of carbonyl (C=O) groups is 2. The van der Waals surface area contributed by atoms with Gasteiger partial charge in [-0.2, -0.15) is 12.6 Å². The van der Waals surface area contributed by atoms with E-state index in [0.29, 0.717) is 0 Å². The molecule has 4 nitrogen and oxygen atoms in total. The van der Waals surface area contributed by atoms with E-state index >= 15 is 0 Å². The minimum absolute atomic E-state index is 0.0852. The molecule has 0 saturated carbocycles. The smallest absolute Gasteiger partial charge is 0.239 e. The zero-order valence-electron chi connectivity index (χ0n) is 9.07. The lowest BCUT2D eigenvalue weighted by Crippen LogP contribution is -2.42. The molecule has 0 aromatic rings. The first kappa shape index (κ1) is 13.3. The lowest BCUT2D eigenvalue weighted by Gasteiger charge is -2.19. The van der Waals surface area contributed by atoms with Crippen molar-refractivity contribution in [3.8, 4) is 0 Å². The first-order valence-electron chi connectivity index (χ1n) is 4.57. The van der Waals surface area contributed by atoms with Gasteiger partial charge in [-0.25, -0.2) is 0 Å². The minimum Gasteiger partial charge on any atom is -0.352 e. The molecular formula is C9H18N2O2S. The number of nitrogens with zero attached hydrogens (tertiary/aromatic N) is 1. The zero-order valence-corrected chi connectivity index (χ0v) is 9.97. The topological polar surface area (TPSA) is 49.4 Å². The summed E-state index contributed by atoms with van der Waals surface area (Å²) in [5.74, 6) is -0.294. The summed E-state index contributed by atoms with van der Waals surface area (Å²) in [4.78, 5) is 24.0. The van der Waals surface area contributed by atoms with Crippen molar-refractivity contribution in [2.45, 2.75) is 32.1 Å². The van der Waals surface area contributed by atoms with Gasteiger partial charge < -0.3 is 10.2 Å². The molecule has 0 radical (unpaired) electrons. The molecule has 0 aliphatic rings. The van der Waals surface area contributed by atoms with E-state index in [1.54, 1.807) is 14.0 Å². The molecule has 14 heavy (non-hydrogen) atoms. The Balaban J connectivity index is 4.00. The maximum Gasteiger partial charge on any atom is 0.239 e. The van der Waals surface area contributed by atoms with E-state index in [1.807, 2.05) is 13.8 Å². The highest BCUT2D eigenvalue weighted by molar-refractivity contribution is 7.81. The highest BCUT2D eigenvalue weighted by Gasteiger charge is 2.16. The molecule has 0 rings (SSSR count). The van der Waals surface area contributed by atoms with Crippen molar-refractivity contribution in [3.63, 3.8) is 0 Å². The van der Waals surface area contributed by atoms with Gasteiger partial charge in [0, 0.05) is 13.1 Å². The van der Waals surface area contributed by atoms with Crippen molar-refractivity contribution in [2.75, 3.05) is 13.6 Å². The average molecular weight is 218 g/mol. The van der Waals surface area contributed by atoms with Crippen molar-refractivity contribution < 1.29 is 9.59 Å². The fraction of sp³-hybridized carbons (Fsp3) is 0.778. The van der Waals surface area contributed by atoms with Crippen molar-refractivity contribution in [2.24, 2.45) is 0 Å². The van der Waals surface area contributed by atoms with E-state index in [4.69, 9.17) is 0 Å². The van der Waals surface area contributed by atoms with E-state index in [-0.39, 0.29) is 29.7 Å². The Morgan fingerprint density at radius 1 is 1.36 bits per heavy atom. The van der Waals surface area contributed by atoms with Crippen LogP contribution in [-0.2, 0) is 9.59 Å². The van der Waals surface area contributed by atoms with Gasteiger partial charge >= 0.3 is 0 Å². The fourth-order valence-corrected chi connectivity index (χ4v) is 1.18. The predicted molar refractivity (Wildman–Crippen MR) is 59.4 cm³/mol. The summed E-state index contributed by atoms with van der Waals surface area (Å²) in [6.07, 6.45) is 0. The van der Waals surface area contributed by atoms with Gasteiger partial charge in [0.25, 0.3) is 0 Å². The number of thiol groups is 1. The molecule has 0 aliphatic heterocycles. The third kappa shape index (κ3) is 5.11. The molecule has 0 saturated heterocycles. The Morgan fingerprint density at radius 2 is 1.86 bits per heavy atom. The molecule has 0 aromatic heterocycles. The van der Waals surface area contributed by atoms with E-state index in [1.165, 1.54) is 4.90 Å². The molecule has 0 aliphatic carbocycles. The maximum absolute atomic E-state index is 11.3. The highest BCUT2D eigenvalue weighted by Crippen LogP contribution is 1.98. The van der Waals surface area contributed by atoms with Crippen LogP contribution in [0.15, 0.2) is 0 Å². The van der Waals surface area contributed by atoms with Gasteiger partial charge in [-0.1, -0.05) is 0 Å². The summed E-state index contributed by atoms with van der Waals surface area (Å²) in [7, 11) is 1.59. The molecule has 0 spiro atoms. The number of rotatable bonds is 4. The largest absolute Gasteiger partial charge is 0.352 e. The van der Waals surface area contributed by atoms with Gasteiger partial charge in [-0.15, -0.1) is 0 Å². The molecule has 1 atom stereocenters. The molecule has 2 amide bonds. The highest BCUT2D eigenvalue weighted by atomic mass is 32.1. The van der Waals surface area contributed by atoms with E-state index in [9.17, 15) is 9.59 Å². The van der Waals surface area contributed by atoms with Crippen molar-refractivity contribution in [3.05, 3.63) is 0 Å². The van der Waals surface area contributed by atoms with Crippen LogP contribution in [0, 0.1) is 0 Å². The van der Waals surface area contributed by atoms with Crippen LogP contribution in [0.1, 0.15) is 20.8 Å². The molecule has 0 fully saturated rings. The van der Waals surface area contributed by atoms with Crippen LogP contribution in [0.4, 0.5) is 0 Å². The molecule has 0 bridgehead atoms. The second-order valence-corrected chi connectivity index (χ2v) is 4.37. The average Bonchev–Trinajstić information content (AvgIpc) is 2.00. The Bertz CT molecular complexity index is 217. The van der Waals surface area contributed by atoms with Gasteiger partial charge in [0.15, 0.2) is 0 Å². The third-order valence-corrected chi connectivity index (χ3v) is 1.78. The number of amides is 2. The van der Waals surface area contributed by atoms with Crippen molar-refractivity contribution in [1.82, 2.24) is 10.2 Å². The molecule has 0 heterocycles. The molecule has 0 aromatic carbocycles.